The van der Waals surface area contributed by atoms with Gasteiger partial charge in [-0.3, -0.25) is 14.9 Å². The third-order valence-corrected chi connectivity index (χ3v) is 6.03. The monoisotopic (exact) mass is 417 g/mol. The summed E-state index contributed by atoms with van der Waals surface area (Å²) in [5.74, 6) is -0.464. The van der Waals surface area contributed by atoms with Gasteiger partial charge in [-0.2, -0.15) is 5.26 Å². The second kappa shape index (κ2) is 8.48. The van der Waals surface area contributed by atoms with Crippen LogP contribution in [0.5, 0.6) is 0 Å². The summed E-state index contributed by atoms with van der Waals surface area (Å²) in [6.07, 6.45) is 2.06. The van der Waals surface area contributed by atoms with Crippen LogP contribution in [0.4, 0.5) is 17.1 Å². The summed E-state index contributed by atoms with van der Waals surface area (Å²) in [5.41, 5.74) is 3.26. The molecule has 2 aromatic carbocycles. The predicted octanol–water partition coefficient (Wildman–Crippen LogP) is 2.64. The maximum absolute atomic E-state index is 13.0. The Balaban J connectivity index is 1.70. The van der Waals surface area contributed by atoms with Crippen molar-refractivity contribution in [3.63, 3.8) is 0 Å². The number of nitriles is 1. The highest BCUT2D eigenvalue weighted by molar-refractivity contribution is 5.82. The second-order valence-corrected chi connectivity index (χ2v) is 7.75. The van der Waals surface area contributed by atoms with E-state index in [1.54, 1.807) is 24.3 Å². The highest BCUT2D eigenvalue weighted by atomic mass is 16.6. The zero-order valence-corrected chi connectivity index (χ0v) is 17.0. The summed E-state index contributed by atoms with van der Waals surface area (Å²) in [4.78, 5) is 28.2. The first-order chi connectivity index (χ1) is 15.0. The van der Waals surface area contributed by atoms with E-state index in [-0.39, 0.29) is 23.6 Å². The van der Waals surface area contributed by atoms with E-state index in [1.165, 1.54) is 6.07 Å². The Labute approximate surface area is 180 Å². The van der Waals surface area contributed by atoms with Crippen molar-refractivity contribution in [3.8, 4) is 6.07 Å². The molecule has 0 radical (unpaired) electrons. The zero-order chi connectivity index (χ0) is 22.0. The molecule has 2 aliphatic heterocycles. The van der Waals surface area contributed by atoms with E-state index in [0.29, 0.717) is 38.2 Å². The number of non-ortho nitro benzene ring substituents is 1. The summed E-state index contributed by atoms with van der Waals surface area (Å²) in [6, 6.07) is 14.5. The van der Waals surface area contributed by atoms with Gasteiger partial charge in [0.1, 0.15) is 6.07 Å². The molecule has 2 aromatic rings. The molecule has 0 aliphatic carbocycles. The zero-order valence-electron chi connectivity index (χ0n) is 17.0. The number of nitrogens with one attached hydrogen (secondary N) is 1. The lowest BCUT2D eigenvalue weighted by Crippen LogP contribution is -2.61. The van der Waals surface area contributed by atoms with Gasteiger partial charge < -0.3 is 15.1 Å². The van der Waals surface area contributed by atoms with Gasteiger partial charge in [-0.25, -0.2) is 0 Å². The average molecular weight is 417 g/mol. The number of piperazine rings is 1. The number of nitrogens with zero attached hydrogens (tertiary/aromatic N) is 4. The molecule has 4 rings (SSSR count). The predicted molar refractivity (Wildman–Crippen MR) is 118 cm³/mol. The van der Waals surface area contributed by atoms with Gasteiger partial charge in [0.25, 0.3) is 5.69 Å². The van der Waals surface area contributed by atoms with Crippen molar-refractivity contribution in [2.75, 3.05) is 36.0 Å². The molecule has 1 fully saturated rings. The smallest absolute Gasteiger partial charge is 0.269 e. The maximum Gasteiger partial charge on any atom is 0.269 e. The molecular weight excluding hydrogens is 394 g/mol. The van der Waals surface area contributed by atoms with Crippen molar-refractivity contribution in [2.24, 2.45) is 5.92 Å². The minimum Gasteiger partial charge on any atom is -0.367 e. The number of rotatable bonds is 5. The Morgan fingerprint density at radius 2 is 2.10 bits per heavy atom. The lowest BCUT2D eigenvalue weighted by molar-refractivity contribution is -0.384. The number of fused-ring (bicyclic) bond motifs is 3. The van der Waals surface area contributed by atoms with E-state index in [1.807, 2.05) is 18.2 Å². The Bertz CT molecular complexity index is 1080. The van der Waals surface area contributed by atoms with E-state index in [2.05, 4.69) is 27.8 Å². The normalized spacial score (nSPS) is 19.6. The minimum absolute atomic E-state index is 0.0315. The molecule has 0 bridgehead atoms. The van der Waals surface area contributed by atoms with Gasteiger partial charge in [-0.05, 0) is 30.2 Å². The van der Waals surface area contributed by atoms with E-state index < -0.39 is 4.92 Å². The summed E-state index contributed by atoms with van der Waals surface area (Å²) >= 11 is 0. The maximum atomic E-state index is 13.0. The first-order valence-corrected chi connectivity index (χ1v) is 10.2. The largest absolute Gasteiger partial charge is 0.367 e. The third-order valence-electron chi connectivity index (χ3n) is 6.03. The number of hydrogen-bond acceptors (Lipinski definition) is 6. The van der Waals surface area contributed by atoms with Crippen LogP contribution in [0.1, 0.15) is 11.1 Å². The van der Waals surface area contributed by atoms with Gasteiger partial charge >= 0.3 is 0 Å². The van der Waals surface area contributed by atoms with Crippen molar-refractivity contribution in [2.45, 2.75) is 12.5 Å². The molecule has 0 saturated carbocycles. The minimum atomic E-state index is -0.407. The van der Waals surface area contributed by atoms with Crippen LogP contribution in [0.2, 0.25) is 0 Å². The van der Waals surface area contributed by atoms with Gasteiger partial charge in [-0.15, -0.1) is 6.58 Å². The van der Waals surface area contributed by atoms with Crippen molar-refractivity contribution < 1.29 is 9.72 Å². The fourth-order valence-electron chi connectivity index (χ4n) is 4.59. The van der Waals surface area contributed by atoms with Gasteiger partial charge in [0.05, 0.1) is 28.1 Å². The fourth-order valence-corrected chi connectivity index (χ4v) is 4.59. The number of hydrogen-bond donors (Lipinski definition) is 1. The summed E-state index contributed by atoms with van der Waals surface area (Å²) < 4.78 is 0. The van der Waals surface area contributed by atoms with Crippen LogP contribution in [0, 0.1) is 27.4 Å². The number of nitro benzene ring substituents is 1. The molecule has 1 saturated heterocycles. The first kappa shape index (κ1) is 20.4. The van der Waals surface area contributed by atoms with E-state index in [4.69, 9.17) is 0 Å². The molecule has 1 N–H and O–H groups in total. The van der Waals surface area contributed by atoms with Crippen molar-refractivity contribution in [1.29, 1.82) is 5.26 Å². The Kier molecular flexibility index (Phi) is 5.58. The molecule has 31 heavy (non-hydrogen) atoms. The number of nitro groups is 1. The van der Waals surface area contributed by atoms with Gasteiger partial charge in [0.2, 0.25) is 5.91 Å². The van der Waals surface area contributed by atoms with Crippen LogP contribution < -0.4 is 15.1 Å². The van der Waals surface area contributed by atoms with Crippen LogP contribution in [0.3, 0.4) is 0 Å². The molecule has 0 unspecified atom stereocenters. The number of carbonyl (C=O) groups excluding carboxylic acids is 1. The number of carbonyl (C=O) groups is 1. The number of para-hydroxylation sites is 1. The van der Waals surface area contributed by atoms with E-state index >= 15 is 0 Å². The molecule has 8 heteroatoms. The molecule has 8 nitrogen and oxygen atoms in total. The van der Waals surface area contributed by atoms with Crippen molar-refractivity contribution in [1.82, 2.24) is 5.32 Å². The number of benzene rings is 2. The highest BCUT2D eigenvalue weighted by Gasteiger charge is 2.42. The molecule has 1 amide bonds. The van der Waals surface area contributed by atoms with Crippen LogP contribution in [0.25, 0.3) is 0 Å². The van der Waals surface area contributed by atoms with Crippen LogP contribution in [0.15, 0.2) is 55.1 Å². The SMILES string of the molecule is C=CCNC(=O)[C@@H]1Cc2cc([N+](=O)[O-])ccc2N2CCN(c3ccccc3C#N)C[C@@H]12. The first-order valence-electron chi connectivity index (χ1n) is 10.2. The average Bonchev–Trinajstić information content (AvgIpc) is 2.81. The van der Waals surface area contributed by atoms with E-state index in [0.717, 1.165) is 16.9 Å². The molecule has 0 aromatic heterocycles. The summed E-state index contributed by atoms with van der Waals surface area (Å²) in [5, 5.41) is 23.7. The summed E-state index contributed by atoms with van der Waals surface area (Å²) in [6.45, 7) is 5.95. The van der Waals surface area contributed by atoms with Gasteiger partial charge in [0, 0.05) is 44.0 Å². The molecular formula is C23H23N5O3. The van der Waals surface area contributed by atoms with Gasteiger partial charge in [-0.1, -0.05) is 18.2 Å². The van der Waals surface area contributed by atoms with Crippen molar-refractivity contribution in [3.05, 3.63) is 76.4 Å². The Hall–Kier alpha value is -3.86. The lowest BCUT2D eigenvalue weighted by Gasteiger charge is -2.49. The van der Waals surface area contributed by atoms with Gasteiger partial charge in [0.15, 0.2) is 0 Å². The summed E-state index contributed by atoms with van der Waals surface area (Å²) in [7, 11) is 0. The molecule has 2 atom stereocenters. The van der Waals surface area contributed by atoms with Crippen LogP contribution in [-0.4, -0.2) is 43.1 Å². The topological polar surface area (TPSA) is 103 Å². The highest BCUT2D eigenvalue weighted by Crippen LogP contribution is 2.39. The number of anilines is 2. The lowest BCUT2D eigenvalue weighted by atomic mass is 9.83. The fraction of sp³-hybridized carbons (Fsp3) is 0.304. The molecule has 0 spiro atoms. The number of amides is 1. The second-order valence-electron chi connectivity index (χ2n) is 7.75. The Morgan fingerprint density at radius 3 is 2.84 bits per heavy atom. The Morgan fingerprint density at radius 1 is 1.29 bits per heavy atom. The molecule has 2 aliphatic rings. The van der Waals surface area contributed by atoms with Crippen molar-refractivity contribution >= 4 is 23.0 Å². The van der Waals surface area contributed by atoms with Crippen LogP contribution >= 0.6 is 0 Å². The quantitative estimate of drug-likeness (QED) is 0.456. The van der Waals surface area contributed by atoms with Crippen LogP contribution in [-0.2, 0) is 11.2 Å². The third kappa shape index (κ3) is 3.82. The molecule has 158 valence electrons. The standard InChI is InChI=1S/C23H23N5O3/c1-2-9-25-23(29)19-13-17-12-18(28(30)31)7-8-21(17)27-11-10-26(15-22(19)27)20-6-4-3-5-16(20)14-24/h2-8,12,19,22H,1,9-11,13,15H2,(H,25,29)/t19-,22+/m1/s1. The molecule has 2 heterocycles. The van der Waals surface area contributed by atoms with E-state index in [9.17, 15) is 20.2 Å².